The van der Waals surface area contributed by atoms with Gasteiger partial charge in [-0.2, -0.15) is 0 Å². The second-order valence-corrected chi connectivity index (χ2v) is 8.57. The Morgan fingerprint density at radius 1 is 0.971 bits per heavy atom. The van der Waals surface area contributed by atoms with E-state index in [1.54, 1.807) is 18.2 Å². The first-order chi connectivity index (χ1) is 16.6. The van der Waals surface area contributed by atoms with Crippen LogP contribution in [-0.4, -0.2) is 16.1 Å². The minimum atomic E-state index is -0.367. The number of aryl methyl sites for hydroxylation is 1. The lowest BCUT2D eigenvalue weighted by Gasteiger charge is -2.17. The highest BCUT2D eigenvalue weighted by Gasteiger charge is 2.32. The van der Waals surface area contributed by atoms with Crippen LogP contribution in [0.15, 0.2) is 100 Å². The molecule has 0 atom stereocenters. The summed E-state index contributed by atoms with van der Waals surface area (Å²) in [6, 6.07) is 25.0. The van der Waals surface area contributed by atoms with Gasteiger partial charge in [0.1, 0.15) is 17.3 Å². The molecule has 0 spiro atoms. The number of aliphatic imine (C=N–C) groups is 1. The Kier molecular flexibility index (Phi) is 6.10. The highest BCUT2D eigenvalue weighted by molar-refractivity contribution is 8.13. The van der Waals surface area contributed by atoms with E-state index in [1.807, 2.05) is 67.6 Å². The first-order valence-electron chi connectivity index (χ1n) is 10.7. The SMILES string of the molecule is Cc1oc(-c2ccccc2)nc1CSC1=N/C(=C\c2ccccc2)C(=O)N1c1ccc(F)cc1. The minimum Gasteiger partial charge on any atom is -0.441 e. The first kappa shape index (κ1) is 21.9. The van der Waals surface area contributed by atoms with Crippen LogP contribution in [0.1, 0.15) is 17.0 Å². The maximum Gasteiger partial charge on any atom is 0.283 e. The second kappa shape index (κ2) is 9.49. The van der Waals surface area contributed by atoms with Crippen molar-refractivity contribution in [1.82, 2.24) is 4.98 Å². The van der Waals surface area contributed by atoms with Gasteiger partial charge in [-0.3, -0.25) is 9.69 Å². The number of rotatable bonds is 5. The summed E-state index contributed by atoms with van der Waals surface area (Å²) in [6.07, 6.45) is 1.75. The molecule has 4 aromatic rings. The molecule has 1 aliphatic rings. The molecule has 34 heavy (non-hydrogen) atoms. The van der Waals surface area contributed by atoms with E-state index >= 15 is 0 Å². The molecule has 0 saturated heterocycles. The number of carbonyl (C=O) groups is 1. The number of hydrogen-bond donors (Lipinski definition) is 0. The number of benzene rings is 3. The summed E-state index contributed by atoms with van der Waals surface area (Å²) in [4.78, 5) is 24.0. The van der Waals surface area contributed by atoms with Gasteiger partial charge in [-0.25, -0.2) is 14.4 Å². The van der Waals surface area contributed by atoms with Gasteiger partial charge in [0.25, 0.3) is 5.91 Å². The molecule has 5 nitrogen and oxygen atoms in total. The lowest BCUT2D eigenvalue weighted by atomic mass is 10.2. The fraction of sp³-hybridized carbons (Fsp3) is 0.0741. The Bertz CT molecular complexity index is 1380. The average molecular weight is 470 g/mol. The van der Waals surface area contributed by atoms with Gasteiger partial charge in [0.05, 0.1) is 11.4 Å². The van der Waals surface area contributed by atoms with Crippen LogP contribution in [0.25, 0.3) is 17.5 Å². The van der Waals surface area contributed by atoms with Crippen LogP contribution in [0, 0.1) is 12.7 Å². The largest absolute Gasteiger partial charge is 0.441 e. The first-order valence-corrected chi connectivity index (χ1v) is 11.7. The summed E-state index contributed by atoms with van der Waals surface area (Å²) >= 11 is 1.38. The van der Waals surface area contributed by atoms with Crippen molar-refractivity contribution in [2.45, 2.75) is 12.7 Å². The van der Waals surface area contributed by atoms with Crippen molar-refractivity contribution < 1.29 is 13.6 Å². The Morgan fingerprint density at radius 2 is 1.65 bits per heavy atom. The Balaban J connectivity index is 1.44. The highest BCUT2D eigenvalue weighted by Crippen LogP contribution is 2.32. The fourth-order valence-electron chi connectivity index (χ4n) is 3.52. The van der Waals surface area contributed by atoms with Gasteiger partial charge < -0.3 is 4.42 Å². The predicted molar refractivity (Wildman–Crippen MR) is 134 cm³/mol. The number of amidine groups is 1. The third-order valence-corrected chi connectivity index (χ3v) is 6.22. The fourth-order valence-corrected chi connectivity index (χ4v) is 4.53. The molecular weight excluding hydrogens is 449 g/mol. The molecule has 0 bridgehead atoms. The lowest BCUT2D eigenvalue weighted by Crippen LogP contribution is -2.30. The maximum absolute atomic E-state index is 13.5. The molecule has 3 aromatic carbocycles. The molecule has 0 aliphatic carbocycles. The van der Waals surface area contributed by atoms with Crippen LogP contribution >= 0.6 is 11.8 Å². The van der Waals surface area contributed by atoms with E-state index < -0.39 is 0 Å². The van der Waals surface area contributed by atoms with Gasteiger partial charge in [0, 0.05) is 11.3 Å². The van der Waals surface area contributed by atoms with Crippen molar-refractivity contribution >= 4 is 34.6 Å². The summed E-state index contributed by atoms with van der Waals surface area (Å²) in [6.45, 7) is 1.87. The number of anilines is 1. The van der Waals surface area contributed by atoms with E-state index in [9.17, 15) is 9.18 Å². The van der Waals surface area contributed by atoms with Crippen LogP contribution in [0.2, 0.25) is 0 Å². The smallest absolute Gasteiger partial charge is 0.283 e. The molecule has 0 unspecified atom stereocenters. The van der Waals surface area contributed by atoms with Crippen LogP contribution in [0.3, 0.4) is 0 Å². The lowest BCUT2D eigenvalue weighted by molar-refractivity contribution is -0.113. The molecule has 7 heteroatoms. The Hall–Kier alpha value is -3.97. The molecule has 0 fully saturated rings. The topological polar surface area (TPSA) is 58.7 Å². The summed E-state index contributed by atoms with van der Waals surface area (Å²) in [5.74, 6) is 1.10. The maximum atomic E-state index is 13.5. The molecule has 1 aliphatic heterocycles. The van der Waals surface area contributed by atoms with Gasteiger partial charge in [0.2, 0.25) is 5.89 Å². The van der Waals surface area contributed by atoms with Crippen molar-refractivity contribution in [3.05, 3.63) is 113 Å². The Labute approximate surface area is 200 Å². The molecular formula is C27H20FN3O2S. The normalized spacial score (nSPS) is 14.6. The van der Waals surface area contributed by atoms with E-state index in [-0.39, 0.29) is 11.7 Å². The van der Waals surface area contributed by atoms with Crippen LogP contribution in [0.5, 0.6) is 0 Å². The van der Waals surface area contributed by atoms with Gasteiger partial charge in [-0.1, -0.05) is 60.3 Å². The van der Waals surface area contributed by atoms with Crippen LogP contribution in [-0.2, 0) is 10.5 Å². The van der Waals surface area contributed by atoms with Crippen molar-refractivity contribution in [2.24, 2.45) is 4.99 Å². The van der Waals surface area contributed by atoms with Crippen molar-refractivity contribution in [3.63, 3.8) is 0 Å². The molecule has 168 valence electrons. The van der Waals surface area contributed by atoms with Crippen LogP contribution in [0.4, 0.5) is 10.1 Å². The van der Waals surface area contributed by atoms with E-state index in [4.69, 9.17) is 4.42 Å². The minimum absolute atomic E-state index is 0.264. The Morgan fingerprint density at radius 3 is 2.35 bits per heavy atom. The summed E-state index contributed by atoms with van der Waals surface area (Å²) < 4.78 is 19.4. The molecule has 0 radical (unpaired) electrons. The van der Waals surface area contributed by atoms with Gasteiger partial charge >= 0.3 is 0 Å². The van der Waals surface area contributed by atoms with Crippen molar-refractivity contribution in [1.29, 1.82) is 0 Å². The van der Waals surface area contributed by atoms with Gasteiger partial charge in [0.15, 0.2) is 5.17 Å². The zero-order valence-corrected chi connectivity index (χ0v) is 19.1. The third-order valence-electron chi connectivity index (χ3n) is 5.27. The number of amides is 1. The quantitative estimate of drug-likeness (QED) is 0.315. The molecule has 0 N–H and O–H groups in total. The van der Waals surface area contributed by atoms with E-state index in [0.29, 0.717) is 34.0 Å². The highest BCUT2D eigenvalue weighted by atomic mass is 32.2. The average Bonchev–Trinajstić information content (AvgIpc) is 3.39. The number of carbonyl (C=O) groups excluding carboxylic acids is 1. The van der Waals surface area contributed by atoms with E-state index in [2.05, 4.69) is 9.98 Å². The number of halogens is 1. The summed E-state index contributed by atoms with van der Waals surface area (Å²) in [5.41, 5.74) is 3.42. The number of aromatic nitrogens is 1. The van der Waals surface area contributed by atoms with E-state index in [0.717, 1.165) is 16.8 Å². The molecule has 2 heterocycles. The van der Waals surface area contributed by atoms with Crippen molar-refractivity contribution in [2.75, 3.05) is 4.90 Å². The monoisotopic (exact) mass is 469 g/mol. The van der Waals surface area contributed by atoms with Crippen molar-refractivity contribution in [3.8, 4) is 11.5 Å². The number of hydrogen-bond acceptors (Lipinski definition) is 5. The van der Waals surface area contributed by atoms with Crippen LogP contribution < -0.4 is 4.90 Å². The van der Waals surface area contributed by atoms with Gasteiger partial charge in [-0.15, -0.1) is 0 Å². The number of oxazole rings is 1. The number of thioether (sulfide) groups is 1. The molecule has 5 rings (SSSR count). The zero-order chi connectivity index (χ0) is 23.5. The van der Waals surface area contributed by atoms with Gasteiger partial charge in [-0.05, 0) is 55.0 Å². The standard InChI is InChI=1S/C27H20FN3O2S/c1-18-24(29-25(33-18)20-10-6-3-7-11-20)17-34-27-30-23(16-19-8-4-2-5-9-19)26(32)31(27)22-14-12-21(28)13-15-22/h2-16H,17H2,1H3/b23-16-. The second-order valence-electron chi connectivity index (χ2n) is 7.63. The van der Waals surface area contributed by atoms with E-state index in [1.165, 1.54) is 28.8 Å². The molecule has 0 saturated carbocycles. The third kappa shape index (κ3) is 4.56. The summed E-state index contributed by atoms with van der Waals surface area (Å²) in [5, 5.41) is 0.502. The molecule has 1 aromatic heterocycles. The summed E-state index contributed by atoms with van der Waals surface area (Å²) in [7, 11) is 0. The predicted octanol–water partition coefficient (Wildman–Crippen LogP) is 6.47. The number of nitrogens with zero attached hydrogens (tertiary/aromatic N) is 3. The molecule has 1 amide bonds. The zero-order valence-electron chi connectivity index (χ0n) is 18.3.